The minimum Gasteiger partial charge on any atom is -0.491 e. The number of nitrogens with two attached hydrogens (primary N) is 1. The Morgan fingerprint density at radius 2 is 2.05 bits per heavy atom. The molecule has 0 radical (unpaired) electrons. The minimum atomic E-state index is -0.400. The van der Waals surface area contributed by atoms with Crippen molar-refractivity contribution < 1.29 is 9.13 Å². The highest BCUT2D eigenvalue weighted by molar-refractivity contribution is 9.10. The summed E-state index contributed by atoms with van der Waals surface area (Å²) in [5, 5.41) is 3.07. The van der Waals surface area contributed by atoms with Crippen LogP contribution in [0.4, 0.5) is 21.5 Å². The van der Waals surface area contributed by atoms with Crippen molar-refractivity contribution in [1.29, 1.82) is 0 Å². The molecule has 2 aromatic carbocycles. The second-order valence-corrected chi connectivity index (χ2v) is 4.85. The van der Waals surface area contributed by atoms with Gasteiger partial charge in [-0.3, -0.25) is 0 Å². The molecule has 19 heavy (non-hydrogen) atoms. The highest BCUT2D eigenvalue weighted by Crippen LogP contribution is 2.28. The fraction of sp³-hybridized carbons (Fsp3) is 0.143. The first-order chi connectivity index (χ1) is 9.10. The molecule has 0 saturated carbocycles. The number of nitrogen functional groups attached to an aromatic ring is 1. The van der Waals surface area contributed by atoms with Gasteiger partial charge in [-0.05, 0) is 37.3 Å². The van der Waals surface area contributed by atoms with E-state index >= 15 is 0 Å². The zero-order valence-electron chi connectivity index (χ0n) is 10.4. The van der Waals surface area contributed by atoms with Crippen molar-refractivity contribution in [3.63, 3.8) is 0 Å². The van der Waals surface area contributed by atoms with E-state index in [0.717, 1.165) is 10.2 Å². The van der Waals surface area contributed by atoms with Crippen molar-refractivity contribution in [3.05, 3.63) is 46.7 Å². The molecule has 0 atom stereocenters. The highest BCUT2D eigenvalue weighted by atomic mass is 79.9. The molecule has 100 valence electrons. The molecule has 0 unspecified atom stereocenters. The van der Waals surface area contributed by atoms with Gasteiger partial charge in [0.05, 0.1) is 18.0 Å². The van der Waals surface area contributed by atoms with Crippen LogP contribution in [0.3, 0.4) is 0 Å². The Morgan fingerprint density at radius 1 is 1.26 bits per heavy atom. The van der Waals surface area contributed by atoms with Crippen molar-refractivity contribution in [2.45, 2.75) is 6.92 Å². The summed E-state index contributed by atoms with van der Waals surface area (Å²) in [4.78, 5) is 0. The van der Waals surface area contributed by atoms with Crippen LogP contribution in [0.5, 0.6) is 5.75 Å². The summed E-state index contributed by atoms with van der Waals surface area (Å²) in [7, 11) is 0. The molecule has 0 aliphatic heterocycles. The Morgan fingerprint density at radius 3 is 2.68 bits per heavy atom. The first-order valence-corrected chi connectivity index (χ1v) is 6.64. The fourth-order valence-corrected chi connectivity index (χ4v) is 2.03. The molecule has 0 aliphatic carbocycles. The molecule has 0 amide bonds. The van der Waals surface area contributed by atoms with Crippen LogP contribution in [0.2, 0.25) is 0 Å². The Balaban J connectivity index is 2.21. The lowest BCUT2D eigenvalue weighted by Gasteiger charge is -2.11. The van der Waals surface area contributed by atoms with Gasteiger partial charge in [0.2, 0.25) is 0 Å². The maximum Gasteiger partial charge on any atom is 0.167 e. The molecule has 3 N–H and O–H groups in total. The van der Waals surface area contributed by atoms with E-state index in [-0.39, 0.29) is 5.75 Å². The molecular weight excluding hydrogens is 311 g/mol. The normalized spacial score (nSPS) is 10.3. The van der Waals surface area contributed by atoms with Crippen LogP contribution in [-0.4, -0.2) is 6.61 Å². The van der Waals surface area contributed by atoms with E-state index in [2.05, 4.69) is 21.2 Å². The van der Waals surface area contributed by atoms with Gasteiger partial charge in [-0.25, -0.2) is 4.39 Å². The SMILES string of the molecule is CCOc1ccc(Nc2ccc(Br)cc2N)cc1F. The van der Waals surface area contributed by atoms with Gasteiger partial charge in [-0.1, -0.05) is 15.9 Å². The predicted molar refractivity (Wildman–Crippen MR) is 79.4 cm³/mol. The zero-order valence-corrected chi connectivity index (χ0v) is 12.0. The number of nitrogens with one attached hydrogen (secondary N) is 1. The number of halogens is 2. The van der Waals surface area contributed by atoms with Crippen LogP contribution in [0.1, 0.15) is 6.92 Å². The van der Waals surface area contributed by atoms with Gasteiger partial charge in [0.15, 0.2) is 11.6 Å². The van der Waals surface area contributed by atoms with Crippen molar-refractivity contribution in [2.75, 3.05) is 17.7 Å². The van der Waals surface area contributed by atoms with E-state index in [9.17, 15) is 4.39 Å². The Kier molecular flexibility index (Phi) is 4.27. The van der Waals surface area contributed by atoms with Crippen molar-refractivity contribution in [2.24, 2.45) is 0 Å². The van der Waals surface area contributed by atoms with Crippen LogP contribution >= 0.6 is 15.9 Å². The van der Waals surface area contributed by atoms with Crippen molar-refractivity contribution >= 4 is 33.0 Å². The van der Waals surface area contributed by atoms with E-state index in [1.54, 1.807) is 18.2 Å². The van der Waals surface area contributed by atoms with Gasteiger partial charge in [-0.2, -0.15) is 0 Å². The largest absolute Gasteiger partial charge is 0.491 e. The number of anilines is 3. The summed E-state index contributed by atoms with van der Waals surface area (Å²) < 4.78 is 19.7. The van der Waals surface area contributed by atoms with Gasteiger partial charge >= 0.3 is 0 Å². The standard InChI is InChI=1S/C14H14BrFN2O/c1-2-19-14-6-4-10(8-11(14)16)18-13-5-3-9(15)7-12(13)17/h3-8,18H,2,17H2,1H3. The second-order valence-electron chi connectivity index (χ2n) is 3.93. The summed E-state index contributed by atoms with van der Waals surface area (Å²) in [5.41, 5.74) is 7.81. The molecule has 0 aromatic heterocycles. The van der Waals surface area contributed by atoms with Crippen LogP contribution in [-0.2, 0) is 0 Å². The third-order valence-corrected chi connectivity index (χ3v) is 3.02. The van der Waals surface area contributed by atoms with Gasteiger partial charge in [-0.15, -0.1) is 0 Å². The number of hydrogen-bond donors (Lipinski definition) is 2. The third-order valence-electron chi connectivity index (χ3n) is 2.52. The topological polar surface area (TPSA) is 47.3 Å². The van der Waals surface area contributed by atoms with E-state index in [1.807, 2.05) is 19.1 Å². The summed E-state index contributed by atoms with van der Waals surface area (Å²) in [6.45, 7) is 2.25. The number of rotatable bonds is 4. The molecular formula is C14H14BrFN2O. The van der Waals surface area contributed by atoms with Crippen LogP contribution in [0, 0.1) is 5.82 Å². The second kappa shape index (κ2) is 5.93. The lowest BCUT2D eigenvalue weighted by atomic mass is 10.2. The number of benzene rings is 2. The Labute approximate surface area is 119 Å². The predicted octanol–water partition coefficient (Wildman–Crippen LogP) is 4.31. The summed E-state index contributed by atoms with van der Waals surface area (Å²) in [6.07, 6.45) is 0. The summed E-state index contributed by atoms with van der Waals surface area (Å²) in [6, 6.07) is 10.2. The molecule has 0 saturated heterocycles. The third kappa shape index (κ3) is 3.38. The lowest BCUT2D eigenvalue weighted by molar-refractivity contribution is 0.321. The Bertz CT molecular complexity index is 590. The van der Waals surface area contributed by atoms with E-state index in [1.165, 1.54) is 6.07 Å². The molecule has 0 aliphatic rings. The number of ether oxygens (including phenoxy) is 1. The van der Waals surface area contributed by atoms with Gasteiger partial charge in [0.25, 0.3) is 0 Å². The van der Waals surface area contributed by atoms with E-state index in [4.69, 9.17) is 10.5 Å². The van der Waals surface area contributed by atoms with E-state index < -0.39 is 5.82 Å². The molecule has 0 bridgehead atoms. The molecule has 2 rings (SSSR count). The average Bonchev–Trinajstić information content (AvgIpc) is 2.36. The van der Waals surface area contributed by atoms with Crippen LogP contribution in [0.15, 0.2) is 40.9 Å². The highest BCUT2D eigenvalue weighted by Gasteiger charge is 2.06. The average molecular weight is 325 g/mol. The maximum atomic E-state index is 13.7. The first kappa shape index (κ1) is 13.7. The molecule has 2 aromatic rings. The monoisotopic (exact) mass is 324 g/mol. The molecule has 0 fully saturated rings. The van der Waals surface area contributed by atoms with Gasteiger partial charge in [0.1, 0.15) is 0 Å². The van der Waals surface area contributed by atoms with Crippen LogP contribution < -0.4 is 15.8 Å². The van der Waals surface area contributed by atoms with Crippen molar-refractivity contribution in [1.82, 2.24) is 0 Å². The molecule has 5 heteroatoms. The Hall–Kier alpha value is -1.75. The molecule has 0 spiro atoms. The van der Waals surface area contributed by atoms with Crippen LogP contribution in [0.25, 0.3) is 0 Å². The number of hydrogen-bond acceptors (Lipinski definition) is 3. The zero-order chi connectivity index (χ0) is 13.8. The molecule has 0 heterocycles. The smallest absolute Gasteiger partial charge is 0.167 e. The van der Waals surface area contributed by atoms with E-state index in [0.29, 0.717) is 18.0 Å². The maximum absolute atomic E-state index is 13.7. The first-order valence-electron chi connectivity index (χ1n) is 5.84. The molecule has 3 nitrogen and oxygen atoms in total. The summed E-state index contributed by atoms with van der Waals surface area (Å²) in [5.74, 6) is -0.153. The van der Waals surface area contributed by atoms with Gasteiger partial charge in [0, 0.05) is 16.2 Å². The quantitative estimate of drug-likeness (QED) is 0.824. The fourth-order valence-electron chi connectivity index (χ4n) is 1.65. The lowest BCUT2D eigenvalue weighted by Crippen LogP contribution is -1.98. The van der Waals surface area contributed by atoms with Gasteiger partial charge < -0.3 is 15.8 Å². The van der Waals surface area contributed by atoms with Crippen molar-refractivity contribution in [3.8, 4) is 5.75 Å². The minimum absolute atomic E-state index is 0.247. The summed E-state index contributed by atoms with van der Waals surface area (Å²) >= 11 is 3.34.